The Morgan fingerprint density at radius 3 is 1.97 bits per heavy atom. The van der Waals surface area contributed by atoms with Gasteiger partial charge in [0.1, 0.15) is 0 Å². The van der Waals surface area contributed by atoms with Crippen LogP contribution in [0.2, 0.25) is 5.02 Å². The lowest BCUT2D eigenvalue weighted by molar-refractivity contribution is 0.101. The molecule has 2 amide bonds. The first-order valence-electron chi connectivity index (χ1n) is 8.71. The van der Waals surface area contributed by atoms with E-state index in [1.165, 1.54) is 20.3 Å². The molecule has 2 N–H and O–H groups in total. The highest BCUT2D eigenvalue weighted by Crippen LogP contribution is 2.36. The van der Waals surface area contributed by atoms with Crippen LogP contribution in [-0.2, 0) is 0 Å². The molecule has 29 heavy (non-hydrogen) atoms. The molecule has 0 atom stereocenters. The number of anilines is 2. The molecule has 3 aromatic rings. The smallest absolute Gasteiger partial charge is 0.255 e. The van der Waals surface area contributed by atoms with Crippen molar-refractivity contribution in [2.24, 2.45) is 0 Å². The molecule has 0 fully saturated rings. The first kappa shape index (κ1) is 20.2. The second-order valence-electron chi connectivity index (χ2n) is 6.05. The molecule has 0 bridgehead atoms. The Morgan fingerprint density at radius 1 is 0.759 bits per heavy atom. The maximum Gasteiger partial charge on any atom is 0.255 e. The van der Waals surface area contributed by atoms with E-state index in [0.29, 0.717) is 34.0 Å². The highest BCUT2D eigenvalue weighted by atomic mass is 35.5. The zero-order valence-corrected chi connectivity index (χ0v) is 16.6. The van der Waals surface area contributed by atoms with Crippen LogP contribution in [0.1, 0.15) is 20.7 Å². The summed E-state index contributed by atoms with van der Waals surface area (Å²) in [5.41, 5.74) is 1.93. The molecule has 0 aliphatic heterocycles. The van der Waals surface area contributed by atoms with Gasteiger partial charge in [0.15, 0.2) is 11.5 Å². The fourth-order valence-corrected chi connectivity index (χ4v) is 3.01. The van der Waals surface area contributed by atoms with Gasteiger partial charge < -0.3 is 20.1 Å². The third kappa shape index (κ3) is 4.86. The normalized spacial score (nSPS) is 10.2. The molecule has 0 saturated heterocycles. The lowest BCUT2D eigenvalue weighted by atomic mass is 10.1. The van der Waals surface area contributed by atoms with Crippen LogP contribution in [0.4, 0.5) is 11.4 Å². The van der Waals surface area contributed by atoms with Gasteiger partial charge in [0.05, 0.1) is 19.2 Å². The maximum atomic E-state index is 12.6. The summed E-state index contributed by atoms with van der Waals surface area (Å²) in [6.07, 6.45) is 0. The van der Waals surface area contributed by atoms with E-state index in [2.05, 4.69) is 10.6 Å². The molecule has 0 spiro atoms. The van der Waals surface area contributed by atoms with Crippen molar-refractivity contribution < 1.29 is 19.1 Å². The van der Waals surface area contributed by atoms with Crippen molar-refractivity contribution in [1.82, 2.24) is 0 Å². The average molecular weight is 411 g/mol. The highest BCUT2D eigenvalue weighted by molar-refractivity contribution is 6.32. The van der Waals surface area contributed by atoms with E-state index in [9.17, 15) is 9.59 Å². The van der Waals surface area contributed by atoms with E-state index in [1.54, 1.807) is 54.6 Å². The van der Waals surface area contributed by atoms with Crippen LogP contribution in [0.25, 0.3) is 0 Å². The summed E-state index contributed by atoms with van der Waals surface area (Å²) in [7, 11) is 2.94. The Morgan fingerprint density at radius 2 is 1.38 bits per heavy atom. The lowest BCUT2D eigenvalue weighted by Crippen LogP contribution is -2.14. The Balaban J connectivity index is 1.76. The van der Waals surface area contributed by atoms with Gasteiger partial charge in [-0.3, -0.25) is 9.59 Å². The zero-order valence-electron chi connectivity index (χ0n) is 15.9. The molecule has 148 valence electrons. The van der Waals surface area contributed by atoms with Gasteiger partial charge in [-0.25, -0.2) is 0 Å². The van der Waals surface area contributed by atoms with Crippen LogP contribution in [0.5, 0.6) is 11.5 Å². The molecule has 0 aliphatic rings. The Kier molecular flexibility index (Phi) is 6.36. The Bertz CT molecular complexity index is 1040. The van der Waals surface area contributed by atoms with Crippen molar-refractivity contribution in [2.45, 2.75) is 0 Å². The maximum absolute atomic E-state index is 12.6. The van der Waals surface area contributed by atoms with Gasteiger partial charge in [0.2, 0.25) is 0 Å². The molecule has 0 aliphatic carbocycles. The number of hydrogen-bond donors (Lipinski definition) is 2. The summed E-state index contributed by atoms with van der Waals surface area (Å²) in [6, 6.07) is 18.8. The number of amides is 2. The lowest BCUT2D eigenvalue weighted by Gasteiger charge is -2.12. The van der Waals surface area contributed by atoms with Gasteiger partial charge >= 0.3 is 0 Å². The van der Waals surface area contributed by atoms with E-state index >= 15 is 0 Å². The number of carbonyl (C=O) groups excluding carboxylic acids is 2. The molecule has 0 unspecified atom stereocenters. The molecule has 0 saturated carbocycles. The van der Waals surface area contributed by atoms with Gasteiger partial charge in [-0.05, 0) is 42.5 Å². The van der Waals surface area contributed by atoms with Crippen molar-refractivity contribution in [3.63, 3.8) is 0 Å². The summed E-state index contributed by atoms with van der Waals surface area (Å²) in [5.74, 6) is 0.102. The molecule has 7 heteroatoms. The van der Waals surface area contributed by atoms with Crippen molar-refractivity contribution >= 4 is 34.8 Å². The number of carbonyl (C=O) groups is 2. The predicted molar refractivity (Wildman–Crippen MR) is 113 cm³/mol. The monoisotopic (exact) mass is 410 g/mol. The van der Waals surface area contributed by atoms with Crippen molar-refractivity contribution in [3.05, 3.63) is 82.9 Å². The van der Waals surface area contributed by atoms with Crippen molar-refractivity contribution in [2.75, 3.05) is 24.9 Å². The second-order valence-corrected chi connectivity index (χ2v) is 6.46. The molecule has 3 rings (SSSR count). The highest BCUT2D eigenvalue weighted by Gasteiger charge is 2.15. The fourth-order valence-electron chi connectivity index (χ4n) is 2.72. The molecule has 0 aromatic heterocycles. The minimum atomic E-state index is -0.376. The van der Waals surface area contributed by atoms with E-state index in [0.717, 1.165) is 0 Å². The molecule has 6 nitrogen and oxygen atoms in total. The summed E-state index contributed by atoms with van der Waals surface area (Å²) in [5, 5.41) is 5.85. The van der Waals surface area contributed by atoms with Gasteiger partial charge in [-0.2, -0.15) is 0 Å². The molecule has 0 heterocycles. The average Bonchev–Trinajstić information content (AvgIpc) is 2.73. The topological polar surface area (TPSA) is 76.7 Å². The third-order valence-electron chi connectivity index (χ3n) is 4.11. The van der Waals surface area contributed by atoms with Crippen molar-refractivity contribution in [3.8, 4) is 11.5 Å². The number of ether oxygens (including phenoxy) is 2. The molecular formula is C22H19ClN2O4. The van der Waals surface area contributed by atoms with Gasteiger partial charge in [-0.1, -0.05) is 35.9 Å². The first-order chi connectivity index (χ1) is 14.0. The van der Waals surface area contributed by atoms with Crippen LogP contribution in [0, 0.1) is 0 Å². The molecular weight excluding hydrogens is 392 g/mol. The van der Waals surface area contributed by atoms with E-state index < -0.39 is 0 Å². The van der Waals surface area contributed by atoms with Crippen LogP contribution in [0.3, 0.4) is 0 Å². The van der Waals surface area contributed by atoms with Crippen LogP contribution in [0.15, 0.2) is 66.7 Å². The minimum absolute atomic E-state index is 0.235. The number of halogens is 1. The zero-order chi connectivity index (χ0) is 20.8. The quantitative estimate of drug-likeness (QED) is 0.608. The van der Waals surface area contributed by atoms with Crippen LogP contribution < -0.4 is 20.1 Å². The van der Waals surface area contributed by atoms with Crippen LogP contribution >= 0.6 is 11.6 Å². The molecule has 3 aromatic carbocycles. The third-order valence-corrected chi connectivity index (χ3v) is 4.39. The summed E-state index contributed by atoms with van der Waals surface area (Å²) < 4.78 is 10.4. The number of nitrogens with one attached hydrogen (secondary N) is 2. The number of methoxy groups -OCH3 is 2. The van der Waals surface area contributed by atoms with Gasteiger partial charge in [0.25, 0.3) is 11.8 Å². The summed E-state index contributed by atoms with van der Waals surface area (Å²) >= 11 is 6.17. The minimum Gasteiger partial charge on any atom is -0.493 e. The fraction of sp³-hybridized carbons (Fsp3) is 0.0909. The number of rotatable bonds is 6. The van der Waals surface area contributed by atoms with Crippen LogP contribution in [-0.4, -0.2) is 26.0 Å². The Labute approximate surface area is 173 Å². The first-order valence-corrected chi connectivity index (χ1v) is 9.09. The predicted octanol–water partition coefficient (Wildman–Crippen LogP) is 4.86. The molecule has 0 radical (unpaired) electrons. The largest absolute Gasteiger partial charge is 0.493 e. The van der Waals surface area contributed by atoms with Gasteiger partial charge in [0, 0.05) is 22.5 Å². The Hall–Kier alpha value is -3.51. The number of hydrogen-bond acceptors (Lipinski definition) is 4. The van der Waals surface area contributed by atoms with E-state index in [-0.39, 0.29) is 16.8 Å². The summed E-state index contributed by atoms with van der Waals surface area (Å²) in [4.78, 5) is 24.9. The van der Waals surface area contributed by atoms with Gasteiger partial charge in [-0.15, -0.1) is 0 Å². The second kappa shape index (κ2) is 9.12. The summed E-state index contributed by atoms with van der Waals surface area (Å²) in [6.45, 7) is 0. The van der Waals surface area contributed by atoms with E-state index in [1.807, 2.05) is 6.07 Å². The standard InChI is InChI=1S/C22H19ClN2O4/c1-28-19-12-15(11-18(23)20(19)29-2)22(27)25-17-10-6-9-16(13-17)24-21(26)14-7-4-3-5-8-14/h3-13H,1-2H3,(H,24,26)(H,25,27). The number of benzene rings is 3. The van der Waals surface area contributed by atoms with Crippen molar-refractivity contribution in [1.29, 1.82) is 0 Å². The SMILES string of the molecule is COc1cc(C(=O)Nc2cccc(NC(=O)c3ccccc3)c2)cc(Cl)c1OC. The van der Waals surface area contributed by atoms with E-state index in [4.69, 9.17) is 21.1 Å².